The number of nitrogens with zero attached hydrogens (tertiary/aromatic N) is 4. The summed E-state index contributed by atoms with van der Waals surface area (Å²) in [4.78, 5) is 4.52. The Balaban J connectivity index is 2.56. The van der Waals surface area contributed by atoms with Gasteiger partial charge in [-0.05, 0) is 19.3 Å². The molecule has 2 rings (SSSR count). The van der Waals surface area contributed by atoms with Gasteiger partial charge >= 0.3 is 0 Å². The molecule has 1 atom stereocenters. The fraction of sp³-hybridized carbons (Fsp3) is 0.714. The van der Waals surface area contributed by atoms with Gasteiger partial charge in [0.15, 0.2) is 5.65 Å². The molecule has 2 aromatic rings. The van der Waals surface area contributed by atoms with Gasteiger partial charge in [0.1, 0.15) is 5.52 Å². The summed E-state index contributed by atoms with van der Waals surface area (Å²) in [5.41, 5.74) is 9.04. The summed E-state index contributed by atoms with van der Waals surface area (Å²) in [5, 5.41) is 4.53. The standard InChI is InChI=1S/C14H25N5O/c1-6-10-12-13(18(5)17-10)19(14(15)16-12)11(9(3)4)8-20-7-2/h9,11H,6-8H2,1-5H3,(H2,15,16). The molecule has 1 unspecified atom stereocenters. The van der Waals surface area contributed by atoms with Crippen molar-refractivity contribution in [2.24, 2.45) is 13.0 Å². The summed E-state index contributed by atoms with van der Waals surface area (Å²) >= 11 is 0. The van der Waals surface area contributed by atoms with Crippen LogP contribution in [0.15, 0.2) is 0 Å². The number of anilines is 1. The van der Waals surface area contributed by atoms with E-state index in [2.05, 4.69) is 35.4 Å². The van der Waals surface area contributed by atoms with Gasteiger partial charge in [-0.1, -0.05) is 20.8 Å². The molecule has 0 aliphatic heterocycles. The molecule has 0 fully saturated rings. The number of imidazole rings is 1. The Morgan fingerprint density at radius 2 is 2.00 bits per heavy atom. The molecular weight excluding hydrogens is 254 g/mol. The van der Waals surface area contributed by atoms with Gasteiger partial charge in [0.2, 0.25) is 5.95 Å². The predicted molar refractivity (Wildman–Crippen MR) is 80.7 cm³/mol. The van der Waals surface area contributed by atoms with Crippen LogP contribution in [0.4, 0.5) is 5.95 Å². The SMILES string of the molecule is CCOCC(C(C)C)n1c(N)nc2c(CC)nn(C)c21. The molecule has 0 spiro atoms. The number of nitrogen functional groups attached to an aromatic ring is 1. The molecule has 112 valence electrons. The number of nitrogens with two attached hydrogens (primary N) is 1. The van der Waals surface area contributed by atoms with Crippen molar-refractivity contribution in [3.05, 3.63) is 5.69 Å². The molecule has 2 aromatic heterocycles. The summed E-state index contributed by atoms with van der Waals surface area (Å²) < 4.78 is 9.57. The largest absolute Gasteiger partial charge is 0.380 e. The van der Waals surface area contributed by atoms with Crippen molar-refractivity contribution in [1.29, 1.82) is 0 Å². The van der Waals surface area contributed by atoms with Gasteiger partial charge < -0.3 is 10.5 Å². The van der Waals surface area contributed by atoms with E-state index < -0.39 is 0 Å². The van der Waals surface area contributed by atoms with Gasteiger partial charge in [-0.3, -0.25) is 9.25 Å². The molecule has 0 amide bonds. The first-order valence-electron chi connectivity index (χ1n) is 7.28. The molecule has 0 aliphatic rings. The Hall–Kier alpha value is -1.56. The van der Waals surface area contributed by atoms with Crippen LogP contribution >= 0.6 is 0 Å². The van der Waals surface area contributed by atoms with Gasteiger partial charge in [0.05, 0.1) is 18.3 Å². The summed E-state index contributed by atoms with van der Waals surface area (Å²) in [6, 6.07) is 0.167. The third-order valence-corrected chi connectivity index (χ3v) is 3.69. The van der Waals surface area contributed by atoms with Crippen LogP contribution in [0, 0.1) is 5.92 Å². The number of hydrogen-bond acceptors (Lipinski definition) is 4. The van der Waals surface area contributed by atoms with E-state index in [9.17, 15) is 0 Å². The monoisotopic (exact) mass is 279 g/mol. The molecule has 0 aromatic carbocycles. The zero-order chi connectivity index (χ0) is 14.9. The minimum absolute atomic E-state index is 0.167. The van der Waals surface area contributed by atoms with Crippen LogP contribution in [0.25, 0.3) is 11.2 Å². The molecular formula is C14H25N5O. The van der Waals surface area contributed by atoms with Crippen molar-refractivity contribution in [2.45, 2.75) is 40.2 Å². The van der Waals surface area contributed by atoms with E-state index in [-0.39, 0.29) is 6.04 Å². The molecule has 20 heavy (non-hydrogen) atoms. The average Bonchev–Trinajstić information content (AvgIpc) is 2.88. The summed E-state index contributed by atoms with van der Waals surface area (Å²) in [7, 11) is 1.94. The minimum atomic E-state index is 0.167. The molecule has 2 N–H and O–H groups in total. The first-order valence-corrected chi connectivity index (χ1v) is 7.28. The highest BCUT2D eigenvalue weighted by Crippen LogP contribution is 2.29. The van der Waals surface area contributed by atoms with E-state index in [1.165, 1.54) is 0 Å². The maximum atomic E-state index is 6.16. The number of fused-ring (bicyclic) bond motifs is 1. The van der Waals surface area contributed by atoms with Gasteiger partial charge in [0.25, 0.3) is 0 Å². The zero-order valence-corrected chi connectivity index (χ0v) is 13.1. The van der Waals surface area contributed by atoms with Crippen LogP contribution in [-0.2, 0) is 18.2 Å². The fourth-order valence-electron chi connectivity index (χ4n) is 2.59. The second-order valence-electron chi connectivity index (χ2n) is 5.41. The van der Waals surface area contributed by atoms with E-state index >= 15 is 0 Å². The van der Waals surface area contributed by atoms with E-state index in [1.54, 1.807) is 0 Å². The second kappa shape index (κ2) is 5.83. The summed E-state index contributed by atoms with van der Waals surface area (Å²) in [6.07, 6.45) is 0.853. The van der Waals surface area contributed by atoms with E-state index in [1.807, 2.05) is 18.7 Å². The number of aryl methyl sites for hydroxylation is 2. The Kier molecular flexibility index (Phi) is 4.32. The average molecular weight is 279 g/mol. The normalized spacial score (nSPS) is 13.5. The van der Waals surface area contributed by atoms with Gasteiger partial charge in [0, 0.05) is 13.7 Å². The molecule has 0 radical (unpaired) electrons. The van der Waals surface area contributed by atoms with Gasteiger partial charge in [-0.2, -0.15) is 5.10 Å². The Labute approximate surface area is 119 Å². The van der Waals surface area contributed by atoms with Crippen molar-refractivity contribution >= 4 is 17.1 Å². The van der Waals surface area contributed by atoms with Crippen LogP contribution in [0.5, 0.6) is 0 Å². The van der Waals surface area contributed by atoms with Crippen molar-refractivity contribution in [3.8, 4) is 0 Å². The van der Waals surface area contributed by atoms with Crippen LogP contribution in [-0.4, -0.2) is 32.5 Å². The molecule has 0 bridgehead atoms. The molecule has 6 nitrogen and oxygen atoms in total. The second-order valence-corrected chi connectivity index (χ2v) is 5.41. The molecule has 2 heterocycles. The number of rotatable bonds is 6. The Morgan fingerprint density at radius 3 is 2.55 bits per heavy atom. The van der Waals surface area contributed by atoms with E-state index in [4.69, 9.17) is 10.5 Å². The quantitative estimate of drug-likeness (QED) is 0.879. The highest BCUT2D eigenvalue weighted by atomic mass is 16.5. The van der Waals surface area contributed by atoms with Gasteiger partial charge in [-0.15, -0.1) is 0 Å². The van der Waals surface area contributed by atoms with Crippen LogP contribution < -0.4 is 5.73 Å². The number of hydrogen-bond donors (Lipinski definition) is 1. The highest BCUT2D eigenvalue weighted by Gasteiger charge is 2.25. The lowest BCUT2D eigenvalue weighted by molar-refractivity contribution is 0.0983. The smallest absolute Gasteiger partial charge is 0.202 e. The summed E-state index contributed by atoms with van der Waals surface area (Å²) in [6.45, 7) is 9.77. The number of aromatic nitrogens is 4. The topological polar surface area (TPSA) is 70.9 Å². The lowest BCUT2D eigenvalue weighted by Crippen LogP contribution is -2.23. The third kappa shape index (κ3) is 2.40. The van der Waals surface area contributed by atoms with Crippen molar-refractivity contribution < 1.29 is 4.74 Å². The van der Waals surface area contributed by atoms with E-state index in [0.717, 1.165) is 23.3 Å². The first kappa shape index (κ1) is 14.8. The first-order chi connectivity index (χ1) is 9.51. The Bertz CT molecular complexity index is 584. The van der Waals surface area contributed by atoms with Crippen molar-refractivity contribution in [2.75, 3.05) is 18.9 Å². The third-order valence-electron chi connectivity index (χ3n) is 3.69. The lowest BCUT2D eigenvalue weighted by atomic mass is 10.1. The predicted octanol–water partition coefficient (Wildman–Crippen LogP) is 2.15. The molecule has 0 aliphatic carbocycles. The minimum Gasteiger partial charge on any atom is -0.380 e. The lowest BCUT2D eigenvalue weighted by Gasteiger charge is -2.23. The highest BCUT2D eigenvalue weighted by molar-refractivity contribution is 5.78. The molecule has 6 heteroatoms. The van der Waals surface area contributed by atoms with Crippen LogP contribution in [0.2, 0.25) is 0 Å². The number of ether oxygens (including phenoxy) is 1. The van der Waals surface area contributed by atoms with Crippen LogP contribution in [0.1, 0.15) is 39.4 Å². The fourth-order valence-corrected chi connectivity index (χ4v) is 2.59. The van der Waals surface area contributed by atoms with E-state index in [0.29, 0.717) is 25.1 Å². The maximum Gasteiger partial charge on any atom is 0.202 e. The summed E-state index contributed by atoms with van der Waals surface area (Å²) in [5.74, 6) is 0.947. The zero-order valence-electron chi connectivity index (χ0n) is 13.1. The molecule has 0 saturated carbocycles. The van der Waals surface area contributed by atoms with Crippen molar-refractivity contribution in [3.63, 3.8) is 0 Å². The van der Waals surface area contributed by atoms with Gasteiger partial charge in [-0.25, -0.2) is 4.98 Å². The maximum absolute atomic E-state index is 6.16. The molecule has 0 saturated heterocycles. The van der Waals surface area contributed by atoms with Crippen LogP contribution in [0.3, 0.4) is 0 Å². The Morgan fingerprint density at radius 1 is 1.30 bits per heavy atom. The van der Waals surface area contributed by atoms with Crippen molar-refractivity contribution in [1.82, 2.24) is 19.3 Å².